The normalized spacial score (nSPS) is 29.8. The van der Waals surface area contributed by atoms with Gasteiger partial charge >= 0.3 is 6.09 Å². The maximum absolute atomic E-state index is 12.7. The van der Waals surface area contributed by atoms with Crippen LogP contribution in [0.3, 0.4) is 0 Å². The summed E-state index contributed by atoms with van der Waals surface area (Å²) in [5, 5.41) is 2.41. The Labute approximate surface area is 197 Å². The molecule has 1 aliphatic carbocycles. The van der Waals surface area contributed by atoms with Crippen molar-refractivity contribution < 1.29 is 19.0 Å². The second-order valence-corrected chi connectivity index (χ2v) is 11.0. The van der Waals surface area contributed by atoms with E-state index in [1.165, 1.54) is 10.8 Å². The molecule has 5 heteroatoms. The fraction of sp³-hybridized carbons (Fsp3) is 0.607. The van der Waals surface area contributed by atoms with Crippen molar-refractivity contribution in [1.82, 2.24) is 4.90 Å². The van der Waals surface area contributed by atoms with Crippen LogP contribution in [-0.4, -0.2) is 47.0 Å². The van der Waals surface area contributed by atoms with Crippen LogP contribution in [0.4, 0.5) is 4.79 Å². The van der Waals surface area contributed by atoms with E-state index in [9.17, 15) is 4.79 Å². The molecule has 0 aromatic heterocycles. The van der Waals surface area contributed by atoms with E-state index in [-0.39, 0.29) is 30.4 Å². The van der Waals surface area contributed by atoms with Crippen LogP contribution in [0.15, 0.2) is 42.5 Å². The molecule has 0 unspecified atom stereocenters. The average molecular weight is 452 g/mol. The zero-order valence-corrected chi connectivity index (χ0v) is 20.2. The first kappa shape index (κ1) is 22.5. The summed E-state index contributed by atoms with van der Waals surface area (Å²) < 4.78 is 18.7. The highest BCUT2D eigenvalue weighted by atomic mass is 16.6. The van der Waals surface area contributed by atoms with E-state index in [1.807, 2.05) is 25.7 Å². The Hall–Kier alpha value is -2.27. The molecule has 1 saturated carbocycles. The van der Waals surface area contributed by atoms with Crippen LogP contribution in [-0.2, 0) is 9.47 Å². The fourth-order valence-corrected chi connectivity index (χ4v) is 5.89. The van der Waals surface area contributed by atoms with Gasteiger partial charge in [0, 0.05) is 17.5 Å². The van der Waals surface area contributed by atoms with Crippen LogP contribution in [0.1, 0.15) is 72.1 Å². The largest absolute Gasteiger partial charge is 0.490 e. The Morgan fingerprint density at radius 1 is 0.818 bits per heavy atom. The molecule has 3 aliphatic rings. The third kappa shape index (κ3) is 5.13. The molecule has 3 fully saturated rings. The molecule has 0 N–H and O–H groups in total. The van der Waals surface area contributed by atoms with E-state index in [0.29, 0.717) is 6.10 Å². The standard InChI is InChI=1S/C28H37NO4/c1-28(2,3)33-27(30)29-20-11-12-21(29)18-24(17-20)31-22-13-15-23(16-14-22)32-26-10-6-8-19-7-4-5-9-25(19)26/h4-10,20-24H,11-18H2,1-3H3/t20-,21-,22?,23?/m0/s1. The Morgan fingerprint density at radius 3 is 2.15 bits per heavy atom. The summed E-state index contributed by atoms with van der Waals surface area (Å²) in [6, 6.07) is 15.2. The molecule has 2 atom stereocenters. The summed E-state index contributed by atoms with van der Waals surface area (Å²) in [6.45, 7) is 5.80. The molecule has 0 radical (unpaired) electrons. The average Bonchev–Trinajstić information content (AvgIpc) is 3.05. The van der Waals surface area contributed by atoms with Crippen molar-refractivity contribution in [2.75, 3.05) is 0 Å². The number of rotatable bonds is 4. The van der Waals surface area contributed by atoms with Crippen molar-refractivity contribution >= 4 is 16.9 Å². The first-order valence-electron chi connectivity index (χ1n) is 12.7. The number of hydrogen-bond donors (Lipinski definition) is 0. The predicted molar refractivity (Wildman–Crippen MR) is 130 cm³/mol. The Morgan fingerprint density at radius 2 is 1.45 bits per heavy atom. The number of piperidine rings is 1. The minimum Gasteiger partial charge on any atom is -0.490 e. The maximum atomic E-state index is 12.7. The van der Waals surface area contributed by atoms with Gasteiger partial charge in [-0.2, -0.15) is 0 Å². The van der Waals surface area contributed by atoms with Gasteiger partial charge in [0.25, 0.3) is 0 Å². The monoisotopic (exact) mass is 451 g/mol. The molecule has 2 aromatic rings. The van der Waals surface area contributed by atoms with Crippen LogP contribution in [0, 0.1) is 0 Å². The molecule has 5 rings (SSSR count). The van der Waals surface area contributed by atoms with E-state index < -0.39 is 5.60 Å². The third-order valence-corrected chi connectivity index (χ3v) is 7.34. The van der Waals surface area contributed by atoms with Gasteiger partial charge in [-0.1, -0.05) is 36.4 Å². The molecule has 0 spiro atoms. The lowest BCUT2D eigenvalue weighted by Gasteiger charge is -2.41. The molecule has 5 nitrogen and oxygen atoms in total. The minimum atomic E-state index is -0.448. The quantitative estimate of drug-likeness (QED) is 0.534. The summed E-state index contributed by atoms with van der Waals surface area (Å²) in [5.41, 5.74) is -0.448. The highest BCUT2D eigenvalue weighted by Gasteiger charge is 2.45. The summed E-state index contributed by atoms with van der Waals surface area (Å²) in [6.07, 6.45) is 8.77. The first-order chi connectivity index (χ1) is 15.9. The predicted octanol–water partition coefficient (Wildman–Crippen LogP) is 6.48. The molecule has 2 aliphatic heterocycles. The molecule has 2 bridgehead atoms. The van der Waals surface area contributed by atoms with Gasteiger partial charge in [-0.05, 0) is 83.6 Å². The van der Waals surface area contributed by atoms with Gasteiger partial charge in [0.1, 0.15) is 11.4 Å². The molecular formula is C28H37NO4. The van der Waals surface area contributed by atoms with Crippen molar-refractivity contribution in [3.05, 3.63) is 42.5 Å². The number of fused-ring (bicyclic) bond motifs is 3. The highest BCUT2D eigenvalue weighted by molar-refractivity contribution is 5.88. The van der Waals surface area contributed by atoms with Crippen LogP contribution in [0.5, 0.6) is 5.75 Å². The fourth-order valence-electron chi connectivity index (χ4n) is 5.89. The van der Waals surface area contributed by atoms with E-state index in [4.69, 9.17) is 14.2 Å². The highest BCUT2D eigenvalue weighted by Crippen LogP contribution is 2.39. The van der Waals surface area contributed by atoms with Gasteiger partial charge in [0.15, 0.2) is 0 Å². The molecule has 33 heavy (non-hydrogen) atoms. The lowest BCUT2D eigenvalue weighted by atomic mass is 9.93. The number of carbonyl (C=O) groups excluding carboxylic acids is 1. The molecule has 2 heterocycles. The van der Waals surface area contributed by atoms with Crippen molar-refractivity contribution in [2.24, 2.45) is 0 Å². The second-order valence-electron chi connectivity index (χ2n) is 11.0. The van der Waals surface area contributed by atoms with E-state index in [1.54, 1.807) is 0 Å². The maximum Gasteiger partial charge on any atom is 0.410 e. The molecule has 1 amide bonds. The van der Waals surface area contributed by atoms with Crippen molar-refractivity contribution in [3.63, 3.8) is 0 Å². The Bertz CT molecular complexity index is 956. The van der Waals surface area contributed by atoms with Crippen LogP contribution in [0.2, 0.25) is 0 Å². The van der Waals surface area contributed by atoms with Crippen LogP contribution >= 0.6 is 0 Å². The zero-order chi connectivity index (χ0) is 23.0. The summed E-state index contributed by atoms with van der Waals surface area (Å²) in [4.78, 5) is 14.7. The number of benzene rings is 2. The third-order valence-electron chi connectivity index (χ3n) is 7.34. The van der Waals surface area contributed by atoms with Gasteiger partial charge in [-0.3, -0.25) is 0 Å². The van der Waals surface area contributed by atoms with E-state index in [2.05, 4.69) is 42.5 Å². The Kier molecular flexibility index (Phi) is 6.26. The van der Waals surface area contributed by atoms with Gasteiger partial charge in [0.05, 0.1) is 18.3 Å². The first-order valence-corrected chi connectivity index (χ1v) is 12.7. The zero-order valence-electron chi connectivity index (χ0n) is 20.2. The van der Waals surface area contributed by atoms with Crippen molar-refractivity contribution in [3.8, 4) is 5.75 Å². The van der Waals surface area contributed by atoms with Gasteiger partial charge in [-0.15, -0.1) is 0 Å². The van der Waals surface area contributed by atoms with Crippen LogP contribution in [0.25, 0.3) is 10.8 Å². The van der Waals surface area contributed by atoms with Crippen molar-refractivity contribution in [1.29, 1.82) is 0 Å². The summed E-state index contributed by atoms with van der Waals surface area (Å²) >= 11 is 0. The lowest BCUT2D eigenvalue weighted by Crippen LogP contribution is -2.50. The van der Waals surface area contributed by atoms with Crippen LogP contribution < -0.4 is 4.74 Å². The topological polar surface area (TPSA) is 48.0 Å². The number of nitrogens with zero attached hydrogens (tertiary/aromatic N) is 1. The number of amides is 1. The van der Waals surface area contributed by atoms with E-state index >= 15 is 0 Å². The minimum absolute atomic E-state index is 0.153. The molecule has 2 saturated heterocycles. The summed E-state index contributed by atoms with van der Waals surface area (Å²) in [7, 11) is 0. The number of ether oxygens (including phenoxy) is 3. The van der Waals surface area contributed by atoms with E-state index in [0.717, 1.165) is 57.1 Å². The molecule has 178 valence electrons. The lowest BCUT2D eigenvalue weighted by molar-refractivity contribution is -0.0812. The SMILES string of the molecule is CC(C)(C)OC(=O)N1[C@H]2CC[C@H]1CC(OC1CCC(Oc3cccc4ccccc34)CC1)C2. The number of hydrogen-bond acceptors (Lipinski definition) is 4. The smallest absolute Gasteiger partial charge is 0.410 e. The second kappa shape index (κ2) is 9.17. The van der Waals surface area contributed by atoms with Gasteiger partial charge in [0.2, 0.25) is 0 Å². The van der Waals surface area contributed by atoms with Crippen molar-refractivity contribution in [2.45, 2.75) is 108 Å². The summed E-state index contributed by atoms with van der Waals surface area (Å²) in [5.74, 6) is 0.989. The van der Waals surface area contributed by atoms with Gasteiger partial charge < -0.3 is 19.1 Å². The molecular weight excluding hydrogens is 414 g/mol. The Balaban J connectivity index is 1.12. The van der Waals surface area contributed by atoms with Gasteiger partial charge in [-0.25, -0.2) is 4.79 Å². The number of carbonyl (C=O) groups is 1. The molecule has 2 aromatic carbocycles.